The molecule has 2 aromatic rings. The van der Waals surface area contributed by atoms with Crippen molar-refractivity contribution in [2.24, 2.45) is 0 Å². The summed E-state index contributed by atoms with van der Waals surface area (Å²) in [4.78, 5) is 5.67. The highest BCUT2D eigenvalue weighted by Crippen LogP contribution is 2.14. The first-order valence-electron chi connectivity index (χ1n) is 7.12. The maximum Gasteiger partial charge on any atom is 0.0925 e. The van der Waals surface area contributed by atoms with Gasteiger partial charge in [-0.3, -0.25) is 0 Å². The van der Waals surface area contributed by atoms with Crippen LogP contribution in [0.2, 0.25) is 0 Å². The number of nitrogens with one attached hydrogen (secondary N) is 1. The quantitative estimate of drug-likeness (QED) is 0.807. The molecule has 20 heavy (non-hydrogen) atoms. The number of rotatable bonds is 8. The molecule has 1 N–H and O–H groups in total. The predicted molar refractivity (Wildman–Crippen MR) is 83.8 cm³/mol. The van der Waals surface area contributed by atoms with E-state index in [-0.39, 0.29) is 0 Å². The van der Waals surface area contributed by atoms with Crippen LogP contribution in [0.3, 0.4) is 0 Å². The fraction of sp³-hybridized carbons (Fsp3) is 0.438. The maximum atomic E-state index is 5.51. The van der Waals surface area contributed by atoms with Gasteiger partial charge in [-0.05, 0) is 24.5 Å². The molecule has 108 valence electrons. The molecule has 0 spiro atoms. The van der Waals surface area contributed by atoms with Crippen LogP contribution in [0.5, 0.6) is 0 Å². The Kier molecular flexibility index (Phi) is 6.18. The highest BCUT2D eigenvalue weighted by molar-refractivity contribution is 7.11. The fourth-order valence-corrected chi connectivity index (χ4v) is 2.83. The van der Waals surface area contributed by atoms with E-state index in [9.17, 15) is 0 Å². The Bertz CT molecular complexity index is 525. The molecular weight excluding hydrogens is 268 g/mol. The molecule has 1 aromatic heterocycles. The van der Waals surface area contributed by atoms with Crippen molar-refractivity contribution in [3.8, 4) is 0 Å². The van der Waals surface area contributed by atoms with E-state index in [1.54, 1.807) is 11.3 Å². The van der Waals surface area contributed by atoms with E-state index in [2.05, 4.69) is 41.5 Å². The molecule has 1 heterocycles. The monoisotopic (exact) mass is 290 g/mol. The summed E-state index contributed by atoms with van der Waals surface area (Å²) in [6.07, 6.45) is 2.99. The van der Waals surface area contributed by atoms with E-state index in [0.29, 0.717) is 6.61 Å². The highest BCUT2D eigenvalue weighted by atomic mass is 32.1. The lowest BCUT2D eigenvalue weighted by Gasteiger charge is -2.10. The van der Waals surface area contributed by atoms with Crippen LogP contribution in [0.25, 0.3) is 0 Å². The minimum atomic E-state index is 0.689. The molecule has 2 rings (SSSR count). The summed E-state index contributed by atoms with van der Waals surface area (Å²) in [5, 5.41) is 4.69. The summed E-state index contributed by atoms with van der Waals surface area (Å²) in [6.45, 7) is 7.34. The van der Waals surface area contributed by atoms with Gasteiger partial charge in [0.25, 0.3) is 0 Å². The second-order valence-electron chi connectivity index (χ2n) is 4.58. The topological polar surface area (TPSA) is 34.1 Å². The number of benzene rings is 1. The van der Waals surface area contributed by atoms with Crippen LogP contribution in [-0.2, 0) is 30.9 Å². The lowest BCUT2D eigenvalue weighted by molar-refractivity contribution is 0.133. The lowest BCUT2D eigenvalue weighted by atomic mass is 10.1. The number of nitrogens with zero attached hydrogens (tertiary/aromatic N) is 1. The summed E-state index contributed by atoms with van der Waals surface area (Å²) in [5.41, 5.74) is 2.57. The van der Waals surface area contributed by atoms with Crippen molar-refractivity contribution >= 4 is 11.3 Å². The van der Waals surface area contributed by atoms with Gasteiger partial charge in [-0.15, -0.1) is 11.3 Å². The van der Waals surface area contributed by atoms with E-state index < -0.39 is 0 Å². The van der Waals surface area contributed by atoms with Crippen LogP contribution >= 0.6 is 11.3 Å². The number of aromatic nitrogens is 1. The molecule has 0 bridgehead atoms. The molecule has 0 aliphatic rings. The van der Waals surface area contributed by atoms with Crippen molar-refractivity contribution in [3.05, 3.63) is 51.5 Å². The Balaban J connectivity index is 1.87. The number of aryl methyl sites for hydroxylation is 1. The molecule has 3 nitrogen and oxygen atoms in total. The van der Waals surface area contributed by atoms with E-state index in [1.807, 2.05) is 13.1 Å². The summed E-state index contributed by atoms with van der Waals surface area (Å²) in [6, 6.07) is 8.43. The first-order valence-corrected chi connectivity index (χ1v) is 7.94. The average Bonchev–Trinajstić information content (AvgIpc) is 2.94. The third-order valence-electron chi connectivity index (χ3n) is 3.10. The van der Waals surface area contributed by atoms with Crippen LogP contribution in [0, 0.1) is 0 Å². The molecule has 0 aliphatic heterocycles. The van der Waals surface area contributed by atoms with Gasteiger partial charge >= 0.3 is 0 Å². The van der Waals surface area contributed by atoms with Gasteiger partial charge in [-0.2, -0.15) is 0 Å². The van der Waals surface area contributed by atoms with Crippen LogP contribution in [0.15, 0.2) is 30.5 Å². The molecule has 0 atom stereocenters. The normalized spacial score (nSPS) is 10.9. The highest BCUT2D eigenvalue weighted by Gasteiger charge is 2.03. The zero-order valence-electron chi connectivity index (χ0n) is 12.2. The molecule has 0 amide bonds. The summed E-state index contributed by atoms with van der Waals surface area (Å²) < 4.78 is 5.51. The summed E-state index contributed by atoms with van der Waals surface area (Å²) in [5.74, 6) is 0. The molecule has 4 heteroatoms. The average molecular weight is 290 g/mol. The van der Waals surface area contributed by atoms with E-state index >= 15 is 0 Å². The molecule has 0 fully saturated rings. The van der Waals surface area contributed by atoms with Gasteiger partial charge in [0, 0.05) is 30.8 Å². The zero-order valence-corrected chi connectivity index (χ0v) is 13.0. The summed E-state index contributed by atoms with van der Waals surface area (Å²) >= 11 is 1.79. The second kappa shape index (κ2) is 8.15. The number of hydrogen-bond donors (Lipinski definition) is 1. The Labute approximate surface area is 125 Å². The van der Waals surface area contributed by atoms with Crippen LogP contribution in [-0.4, -0.2) is 11.6 Å². The van der Waals surface area contributed by atoms with Crippen molar-refractivity contribution in [2.45, 2.75) is 40.0 Å². The van der Waals surface area contributed by atoms with Gasteiger partial charge in [-0.25, -0.2) is 4.98 Å². The van der Waals surface area contributed by atoms with Crippen LogP contribution in [0.4, 0.5) is 0 Å². The standard InChI is InChI=1S/C16H22N2OS/c1-3-16-18-11-15(20-16)10-17-9-13-7-5-6-8-14(13)12-19-4-2/h5-8,11,17H,3-4,9-10,12H2,1-2H3. The Morgan fingerprint density at radius 2 is 1.95 bits per heavy atom. The third kappa shape index (κ3) is 4.40. The van der Waals surface area contributed by atoms with Crippen molar-refractivity contribution in [1.29, 1.82) is 0 Å². The van der Waals surface area contributed by atoms with Crippen molar-refractivity contribution < 1.29 is 4.74 Å². The molecule has 0 aliphatic carbocycles. The molecule has 0 radical (unpaired) electrons. The van der Waals surface area contributed by atoms with E-state index in [4.69, 9.17) is 4.74 Å². The van der Waals surface area contributed by atoms with Gasteiger partial charge < -0.3 is 10.1 Å². The minimum absolute atomic E-state index is 0.689. The van der Waals surface area contributed by atoms with Gasteiger partial charge in [-0.1, -0.05) is 31.2 Å². The molecule has 0 unspecified atom stereocenters. The largest absolute Gasteiger partial charge is 0.377 e. The summed E-state index contributed by atoms with van der Waals surface area (Å²) in [7, 11) is 0. The van der Waals surface area contributed by atoms with Crippen LogP contribution < -0.4 is 5.32 Å². The molecule has 0 saturated carbocycles. The first-order chi connectivity index (χ1) is 9.83. The van der Waals surface area contributed by atoms with Gasteiger partial charge in [0.05, 0.1) is 11.6 Å². The van der Waals surface area contributed by atoms with Crippen molar-refractivity contribution in [3.63, 3.8) is 0 Å². The van der Waals surface area contributed by atoms with Gasteiger partial charge in [0.15, 0.2) is 0 Å². The smallest absolute Gasteiger partial charge is 0.0925 e. The van der Waals surface area contributed by atoms with Gasteiger partial charge in [0.2, 0.25) is 0 Å². The van der Waals surface area contributed by atoms with E-state index in [0.717, 1.165) is 26.1 Å². The van der Waals surface area contributed by atoms with E-state index in [1.165, 1.54) is 21.0 Å². The Hall–Kier alpha value is -1.23. The molecular formula is C16H22N2OS. The maximum absolute atomic E-state index is 5.51. The van der Waals surface area contributed by atoms with Crippen LogP contribution in [0.1, 0.15) is 34.9 Å². The number of ether oxygens (including phenoxy) is 1. The second-order valence-corrected chi connectivity index (χ2v) is 5.78. The number of thiazole rings is 1. The Morgan fingerprint density at radius 3 is 2.65 bits per heavy atom. The molecule has 1 aromatic carbocycles. The SMILES string of the molecule is CCOCc1ccccc1CNCc1cnc(CC)s1. The van der Waals surface area contributed by atoms with Gasteiger partial charge in [0.1, 0.15) is 0 Å². The number of hydrogen-bond acceptors (Lipinski definition) is 4. The zero-order chi connectivity index (χ0) is 14.2. The predicted octanol–water partition coefficient (Wildman–Crippen LogP) is 3.53. The molecule has 0 saturated heterocycles. The van der Waals surface area contributed by atoms with Crippen molar-refractivity contribution in [1.82, 2.24) is 10.3 Å². The fourth-order valence-electron chi connectivity index (χ4n) is 2.00. The first kappa shape index (κ1) is 15.2. The minimum Gasteiger partial charge on any atom is -0.377 e. The Morgan fingerprint density at radius 1 is 1.15 bits per heavy atom. The third-order valence-corrected chi connectivity index (χ3v) is 4.24. The van der Waals surface area contributed by atoms with Crippen molar-refractivity contribution in [2.75, 3.05) is 6.61 Å². The lowest BCUT2D eigenvalue weighted by Crippen LogP contribution is -2.13.